The minimum absolute atomic E-state index is 0.0708. The first-order valence-electron chi connectivity index (χ1n) is 6.98. The Kier molecular flexibility index (Phi) is 5.01. The third-order valence-corrected chi connectivity index (χ3v) is 3.82. The van der Waals surface area contributed by atoms with Gasteiger partial charge in [-0.05, 0) is 57.5 Å². The first-order chi connectivity index (χ1) is 9.83. The van der Waals surface area contributed by atoms with Gasteiger partial charge in [-0.1, -0.05) is 22.0 Å². The van der Waals surface area contributed by atoms with Crippen molar-refractivity contribution in [3.8, 4) is 11.6 Å². The van der Waals surface area contributed by atoms with Crippen molar-refractivity contribution in [2.75, 3.05) is 0 Å². The summed E-state index contributed by atoms with van der Waals surface area (Å²) in [6.45, 7) is 9.17. The molecular formula is C17H21BrN2O. The predicted molar refractivity (Wildman–Crippen MR) is 89.8 cm³/mol. The lowest BCUT2D eigenvalue weighted by molar-refractivity contribution is 0.416. The quantitative estimate of drug-likeness (QED) is 0.858. The summed E-state index contributed by atoms with van der Waals surface area (Å²) in [7, 11) is 0. The van der Waals surface area contributed by atoms with Crippen molar-refractivity contribution in [1.29, 1.82) is 0 Å². The van der Waals surface area contributed by atoms with E-state index in [9.17, 15) is 0 Å². The Labute approximate surface area is 134 Å². The largest absolute Gasteiger partial charge is 0.439 e. The molecule has 2 rings (SSSR count). The number of pyridine rings is 1. The van der Waals surface area contributed by atoms with Crippen LogP contribution in [0.3, 0.4) is 0 Å². The fourth-order valence-electron chi connectivity index (χ4n) is 1.77. The molecule has 0 unspecified atom stereocenters. The molecule has 0 aliphatic rings. The van der Waals surface area contributed by atoms with Crippen molar-refractivity contribution in [1.82, 2.24) is 10.3 Å². The monoisotopic (exact) mass is 348 g/mol. The maximum Gasteiger partial charge on any atom is 0.219 e. The molecule has 0 fully saturated rings. The second-order valence-corrected chi connectivity index (χ2v) is 6.94. The Morgan fingerprint density at radius 1 is 1.19 bits per heavy atom. The number of rotatable bonds is 4. The van der Waals surface area contributed by atoms with Gasteiger partial charge in [0.1, 0.15) is 5.75 Å². The number of ether oxygens (including phenoxy) is 1. The highest BCUT2D eigenvalue weighted by molar-refractivity contribution is 9.10. The highest BCUT2D eigenvalue weighted by Gasteiger charge is 2.09. The Morgan fingerprint density at radius 2 is 1.95 bits per heavy atom. The van der Waals surface area contributed by atoms with Crippen molar-refractivity contribution in [2.24, 2.45) is 0 Å². The minimum Gasteiger partial charge on any atom is -0.439 e. The van der Waals surface area contributed by atoms with Gasteiger partial charge in [-0.2, -0.15) is 0 Å². The average molecular weight is 349 g/mol. The summed E-state index contributed by atoms with van der Waals surface area (Å²) in [4.78, 5) is 4.53. The fourth-order valence-corrected chi connectivity index (χ4v) is 2.02. The summed E-state index contributed by atoms with van der Waals surface area (Å²) >= 11 is 3.49. The van der Waals surface area contributed by atoms with E-state index in [1.807, 2.05) is 43.3 Å². The molecule has 0 saturated carbocycles. The van der Waals surface area contributed by atoms with Crippen LogP contribution in [0.2, 0.25) is 0 Å². The van der Waals surface area contributed by atoms with Crippen LogP contribution in [0.4, 0.5) is 0 Å². The summed E-state index contributed by atoms with van der Waals surface area (Å²) in [5.41, 5.74) is 2.18. The summed E-state index contributed by atoms with van der Waals surface area (Å²) < 4.78 is 6.90. The zero-order chi connectivity index (χ0) is 15.5. The Morgan fingerprint density at radius 3 is 2.62 bits per heavy atom. The molecule has 0 radical (unpaired) electrons. The molecule has 0 bridgehead atoms. The van der Waals surface area contributed by atoms with Crippen molar-refractivity contribution in [3.63, 3.8) is 0 Å². The molecule has 0 saturated heterocycles. The van der Waals surface area contributed by atoms with Gasteiger partial charge in [0.25, 0.3) is 0 Å². The normalized spacial score (nSPS) is 11.5. The second-order valence-electron chi connectivity index (χ2n) is 6.08. The zero-order valence-electron chi connectivity index (χ0n) is 12.9. The van der Waals surface area contributed by atoms with Gasteiger partial charge in [0, 0.05) is 22.6 Å². The van der Waals surface area contributed by atoms with Crippen LogP contribution in [0.5, 0.6) is 11.6 Å². The van der Waals surface area contributed by atoms with Crippen LogP contribution < -0.4 is 10.1 Å². The van der Waals surface area contributed by atoms with Gasteiger partial charge in [-0.3, -0.25) is 0 Å². The van der Waals surface area contributed by atoms with Crippen molar-refractivity contribution in [3.05, 3.63) is 52.1 Å². The number of aryl methyl sites for hydroxylation is 1. The van der Waals surface area contributed by atoms with E-state index >= 15 is 0 Å². The Bertz CT molecular complexity index is 620. The van der Waals surface area contributed by atoms with Crippen LogP contribution in [-0.2, 0) is 6.54 Å². The average Bonchev–Trinajstić information content (AvgIpc) is 2.40. The van der Waals surface area contributed by atoms with Gasteiger partial charge in [0.2, 0.25) is 5.88 Å². The summed E-state index contributed by atoms with van der Waals surface area (Å²) in [5, 5.41) is 3.42. The molecule has 112 valence electrons. The molecule has 21 heavy (non-hydrogen) atoms. The molecule has 0 spiro atoms. The maximum atomic E-state index is 5.83. The number of aromatic nitrogens is 1. The van der Waals surface area contributed by atoms with Crippen molar-refractivity contribution >= 4 is 15.9 Å². The van der Waals surface area contributed by atoms with Crippen molar-refractivity contribution < 1.29 is 4.74 Å². The molecule has 2 aromatic rings. The van der Waals surface area contributed by atoms with Gasteiger partial charge < -0.3 is 10.1 Å². The lowest BCUT2D eigenvalue weighted by Gasteiger charge is -2.20. The number of halogens is 1. The third-order valence-electron chi connectivity index (χ3n) is 2.93. The Balaban J connectivity index is 2.08. The van der Waals surface area contributed by atoms with E-state index in [-0.39, 0.29) is 5.54 Å². The van der Waals surface area contributed by atoms with E-state index in [1.165, 1.54) is 0 Å². The van der Waals surface area contributed by atoms with E-state index in [4.69, 9.17) is 4.74 Å². The summed E-state index contributed by atoms with van der Waals surface area (Å²) in [5.74, 6) is 1.41. The lowest BCUT2D eigenvalue weighted by Crippen LogP contribution is -2.35. The number of nitrogens with one attached hydrogen (secondary N) is 1. The molecule has 1 aromatic heterocycles. The maximum absolute atomic E-state index is 5.83. The smallest absolute Gasteiger partial charge is 0.219 e. The van der Waals surface area contributed by atoms with Gasteiger partial charge in [-0.15, -0.1) is 0 Å². The van der Waals surface area contributed by atoms with E-state index < -0.39 is 0 Å². The van der Waals surface area contributed by atoms with Crippen LogP contribution in [0.15, 0.2) is 40.9 Å². The van der Waals surface area contributed by atoms with E-state index in [0.29, 0.717) is 5.88 Å². The van der Waals surface area contributed by atoms with E-state index in [1.54, 1.807) is 0 Å². The van der Waals surface area contributed by atoms with Gasteiger partial charge in [-0.25, -0.2) is 4.98 Å². The number of benzene rings is 1. The molecule has 1 N–H and O–H groups in total. The fraction of sp³-hybridized carbons (Fsp3) is 0.353. The first kappa shape index (κ1) is 16.0. The predicted octanol–water partition coefficient (Wildman–Crippen LogP) is 4.83. The molecule has 0 atom stereocenters. The first-order valence-corrected chi connectivity index (χ1v) is 7.78. The standard InChI is InChI=1S/C17H21BrN2O/c1-12-10-14(8-9-15(12)18)21-16-7-5-6-13(20-16)11-19-17(2,3)4/h5-10,19H,11H2,1-4H3. The minimum atomic E-state index is 0.0708. The lowest BCUT2D eigenvalue weighted by atomic mass is 10.1. The third kappa shape index (κ3) is 5.14. The topological polar surface area (TPSA) is 34.1 Å². The number of nitrogens with zero attached hydrogens (tertiary/aromatic N) is 1. The molecule has 0 amide bonds. The van der Waals surface area contributed by atoms with Crippen molar-refractivity contribution in [2.45, 2.75) is 39.8 Å². The SMILES string of the molecule is Cc1cc(Oc2cccc(CNC(C)(C)C)n2)ccc1Br. The molecule has 3 nitrogen and oxygen atoms in total. The summed E-state index contributed by atoms with van der Waals surface area (Å²) in [6.07, 6.45) is 0. The van der Waals surface area contributed by atoms with Crippen LogP contribution in [0, 0.1) is 6.92 Å². The zero-order valence-corrected chi connectivity index (χ0v) is 14.5. The van der Waals surface area contributed by atoms with E-state index in [2.05, 4.69) is 47.0 Å². The second kappa shape index (κ2) is 6.58. The number of hydrogen-bond donors (Lipinski definition) is 1. The Hall–Kier alpha value is -1.39. The molecule has 1 heterocycles. The van der Waals surface area contributed by atoms with Crippen LogP contribution in [0.25, 0.3) is 0 Å². The number of hydrogen-bond acceptors (Lipinski definition) is 3. The van der Waals surface area contributed by atoms with Crippen LogP contribution in [0.1, 0.15) is 32.0 Å². The van der Waals surface area contributed by atoms with Gasteiger partial charge in [0.05, 0.1) is 5.69 Å². The van der Waals surface area contributed by atoms with Crippen LogP contribution in [-0.4, -0.2) is 10.5 Å². The summed E-state index contributed by atoms with van der Waals surface area (Å²) in [6, 6.07) is 11.7. The van der Waals surface area contributed by atoms with E-state index in [0.717, 1.165) is 28.0 Å². The molecule has 1 aromatic carbocycles. The molecule has 0 aliphatic carbocycles. The van der Waals surface area contributed by atoms with Gasteiger partial charge >= 0.3 is 0 Å². The molecule has 4 heteroatoms. The molecule has 0 aliphatic heterocycles. The molecular weight excluding hydrogens is 328 g/mol. The highest BCUT2D eigenvalue weighted by Crippen LogP contribution is 2.25. The van der Waals surface area contributed by atoms with Gasteiger partial charge in [0.15, 0.2) is 0 Å². The van der Waals surface area contributed by atoms with Crippen LogP contribution >= 0.6 is 15.9 Å². The highest BCUT2D eigenvalue weighted by atomic mass is 79.9.